The van der Waals surface area contributed by atoms with Gasteiger partial charge in [0.1, 0.15) is 0 Å². The van der Waals surface area contributed by atoms with Crippen molar-refractivity contribution in [2.75, 3.05) is 5.32 Å². The molecule has 0 aliphatic heterocycles. The topological polar surface area (TPSA) is 61.4 Å². The Hall–Kier alpha value is -2.56. The first kappa shape index (κ1) is 16.3. The van der Waals surface area contributed by atoms with Gasteiger partial charge >= 0.3 is 0 Å². The zero-order chi connectivity index (χ0) is 16.9. The Kier molecular flexibility index (Phi) is 4.99. The summed E-state index contributed by atoms with van der Waals surface area (Å²) < 4.78 is 0. The zero-order valence-corrected chi connectivity index (χ0v) is 13.7. The van der Waals surface area contributed by atoms with Crippen LogP contribution in [-0.2, 0) is 4.79 Å². The minimum absolute atomic E-state index is 0.245. The maximum atomic E-state index is 12.5. The average Bonchev–Trinajstić information content (AvgIpc) is 2.98. The molecule has 0 aromatic heterocycles. The molecular weight excluding hydrogens is 324 g/mol. The number of benzene rings is 2. The summed E-state index contributed by atoms with van der Waals surface area (Å²) in [4.78, 5) is 12.5. The number of hydrogen-bond donors (Lipinski definition) is 3. The minimum atomic E-state index is -0.245. The summed E-state index contributed by atoms with van der Waals surface area (Å²) in [5.74, 6) is -0.245. The van der Waals surface area contributed by atoms with Crippen LogP contribution in [0.3, 0.4) is 0 Å². The normalized spacial score (nSPS) is 15.7. The third-order valence-corrected chi connectivity index (χ3v) is 4.11. The molecule has 4 nitrogen and oxygen atoms in total. The lowest BCUT2D eigenvalue weighted by atomic mass is 10.1. The fourth-order valence-electron chi connectivity index (χ4n) is 2.74. The molecule has 1 aliphatic rings. The lowest BCUT2D eigenvalue weighted by Crippen LogP contribution is -2.18. The Bertz CT molecular complexity index is 813. The first-order valence-electron chi connectivity index (χ1n) is 7.63. The number of carbonyl (C=O) groups is 1. The van der Waals surface area contributed by atoms with E-state index >= 15 is 0 Å². The molecule has 0 bridgehead atoms. The first-order chi connectivity index (χ1) is 11.7. The van der Waals surface area contributed by atoms with Gasteiger partial charge in [0.15, 0.2) is 0 Å². The summed E-state index contributed by atoms with van der Waals surface area (Å²) in [6.45, 7) is 0. The van der Waals surface area contributed by atoms with Crippen molar-refractivity contribution in [3.63, 3.8) is 0 Å². The zero-order valence-electron chi connectivity index (χ0n) is 12.9. The lowest BCUT2D eigenvalue weighted by molar-refractivity contribution is -0.113. The van der Waals surface area contributed by atoms with Crippen LogP contribution in [0.4, 0.5) is 5.69 Å². The average molecular weight is 341 g/mol. The van der Waals surface area contributed by atoms with Gasteiger partial charge in [0.05, 0.1) is 5.70 Å². The van der Waals surface area contributed by atoms with E-state index in [1.807, 2.05) is 36.4 Å². The predicted octanol–water partition coefficient (Wildman–Crippen LogP) is 4.39. The van der Waals surface area contributed by atoms with Crippen molar-refractivity contribution in [1.29, 1.82) is 0 Å². The van der Waals surface area contributed by atoms with Crippen LogP contribution in [0.1, 0.15) is 18.4 Å². The molecule has 24 heavy (non-hydrogen) atoms. The fraction of sp³-hybridized carbons (Fsp3) is 0.105. The second-order valence-corrected chi connectivity index (χ2v) is 5.95. The highest BCUT2D eigenvalue weighted by atomic mass is 35.5. The van der Waals surface area contributed by atoms with Gasteiger partial charge in [-0.3, -0.25) is 15.5 Å². The molecule has 0 fully saturated rings. The molecule has 0 saturated heterocycles. The van der Waals surface area contributed by atoms with E-state index in [1.165, 1.54) is 0 Å². The summed E-state index contributed by atoms with van der Waals surface area (Å²) in [6.07, 6.45) is 3.22. The SMILES string of the molecule is O=C(Nc1cccc(Cl)c1)C1=C(NO)C(=Cc2ccccc2)CC1. The van der Waals surface area contributed by atoms with E-state index in [0.29, 0.717) is 34.8 Å². The summed E-state index contributed by atoms with van der Waals surface area (Å²) in [5, 5.41) is 12.9. The molecule has 5 heteroatoms. The van der Waals surface area contributed by atoms with Crippen molar-refractivity contribution in [3.05, 3.63) is 82.0 Å². The Morgan fingerprint density at radius 1 is 1.08 bits per heavy atom. The highest BCUT2D eigenvalue weighted by Crippen LogP contribution is 2.32. The van der Waals surface area contributed by atoms with Gasteiger partial charge in [-0.05, 0) is 48.3 Å². The number of carbonyl (C=O) groups excluding carboxylic acids is 1. The number of halogens is 1. The highest BCUT2D eigenvalue weighted by Gasteiger charge is 2.25. The Labute approximate surface area is 145 Å². The van der Waals surface area contributed by atoms with Crippen LogP contribution in [0.5, 0.6) is 0 Å². The summed E-state index contributed by atoms with van der Waals surface area (Å²) >= 11 is 5.93. The second kappa shape index (κ2) is 7.34. The molecule has 0 heterocycles. The molecule has 0 saturated carbocycles. The van der Waals surface area contributed by atoms with Gasteiger partial charge in [0, 0.05) is 16.3 Å². The minimum Gasteiger partial charge on any atom is -0.322 e. The van der Waals surface area contributed by atoms with Gasteiger partial charge in [-0.1, -0.05) is 48.0 Å². The molecule has 2 aromatic carbocycles. The Morgan fingerprint density at radius 2 is 1.88 bits per heavy atom. The van der Waals surface area contributed by atoms with Crippen molar-refractivity contribution in [3.8, 4) is 0 Å². The third kappa shape index (κ3) is 3.67. The van der Waals surface area contributed by atoms with E-state index < -0.39 is 0 Å². The van der Waals surface area contributed by atoms with Crippen LogP contribution in [0, 0.1) is 0 Å². The predicted molar refractivity (Wildman–Crippen MR) is 95.7 cm³/mol. The number of anilines is 1. The standard InChI is InChI=1S/C19H17ClN2O2/c20-15-7-4-8-16(12-15)21-19(23)17-10-9-14(18(17)22-24)11-13-5-2-1-3-6-13/h1-8,11-12,22,24H,9-10H2,(H,21,23). The number of allylic oxidation sites excluding steroid dienone is 1. The number of hydroxylamine groups is 1. The lowest BCUT2D eigenvalue weighted by Gasteiger charge is -2.09. The number of hydrogen-bond acceptors (Lipinski definition) is 3. The van der Waals surface area contributed by atoms with Crippen molar-refractivity contribution < 1.29 is 10.0 Å². The van der Waals surface area contributed by atoms with Gasteiger partial charge in [0.25, 0.3) is 5.91 Å². The monoisotopic (exact) mass is 340 g/mol. The van der Waals surface area contributed by atoms with Gasteiger partial charge < -0.3 is 5.32 Å². The van der Waals surface area contributed by atoms with Crippen molar-refractivity contribution in [2.24, 2.45) is 0 Å². The molecule has 2 aromatic rings. The number of amides is 1. The van der Waals surface area contributed by atoms with Crippen molar-refractivity contribution in [1.82, 2.24) is 5.48 Å². The molecule has 1 amide bonds. The summed E-state index contributed by atoms with van der Waals surface area (Å²) in [5.41, 5.74) is 5.74. The van der Waals surface area contributed by atoms with Gasteiger partial charge in [0.2, 0.25) is 0 Å². The maximum Gasteiger partial charge on any atom is 0.253 e. The van der Waals surface area contributed by atoms with Crippen LogP contribution in [0.2, 0.25) is 5.02 Å². The molecular formula is C19H17ClN2O2. The van der Waals surface area contributed by atoms with Crippen molar-refractivity contribution in [2.45, 2.75) is 12.8 Å². The largest absolute Gasteiger partial charge is 0.322 e. The third-order valence-electron chi connectivity index (χ3n) is 3.88. The van der Waals surface area contributed by atoms with Crippen LogP contribution in [0.25, 0.3) is 6.08 Å². The van der Waals surface area contributed by atoms with E-state index in [4.69, 9.17) is 11.6 Å². The van der Waals surface area contributed by atoms with E-state index in [1.54, 1.807) is 24.3 Å². The Morgan fingerprint density at radius 3 is 2.58 bits per heavy atom. The van der Waals surface area contributed by atoms with Crippen LogP contribution in [0.15, 0.2) is 71.4 Å². The molecule has 3 rings (SSSR count). The first-order valence-corrected chi connectivity index (χ1v) is 8.01. The smallest absolute Gasteiger partial charge is 0.253 e. The highest BCUT2D eigenvalue weighted by molar-refractivity contribution is 6.31. The van der Waals surface area contributed by atoms with E-state index in [9.17, 15) is 10.0 Å². The van der Waals surface area contributed by atoms with Crippen LogP contribution >= 0.6 is 11.6 Å². The van der Waals surface area contributed by atoms with Gasteiger partial charge in [-0.25, -0.2) is 0 Å². The Balaban J connectivity index is 1.84. The van der Waals surface area contributed by atoms with E-state index in [2.05, 4.69) is 10.8 Å². The van der Waals surface area contributed by atoms with Crippen LogP contribution in [-0.4, -0.2) is 11.1 Å². The molecule has 3 N–H and O–H groups in total. The van der Waals surface area contributed by atoms with Crippen molar-refractivity contribution >= 4 is 29.3 Å². The molecule has 122 valence electrons. The molecule has 0 spiro atoms. The second-order valence-electron chi connectivity index (χ2n) is 5.51. The summed E-state index contributed by atoms with van der Waals surface area (Å²) in [6, 6.07) is 16.8. The summed E-state index contributed by atoms with van der Waals surface area (Å²) in [7, 11) is 0. The molecule has 0 unspecified atom stereocenters. The fourth-order valence-corrected chi connectivity index (χ4v) is 2.93. The van der Waals surface area contributed by atoms with Gasteiger partial charge in [-0.15, -0.1) is 0 Å². The molecule has 1 aliphatic carbocycles. The molecule has 0 atom stereocenters. The number of rotatable bonds is 4. The quantitative estimate of drug-likeness (QED) is 0.723. The van der Waals surface area contributed by atoms with Crippen LogP contribution < -0.4 is 10.8 Å². The van der Waals surface area contributed by atoms with Gasteiger partial charge in [-0.2, -0.15) is 0 Å². The number of nitrogens with one attached hydrogen (secondary N) is 2. The maximum absolute atomic E-state index is 12.5. The van der Waals surface area contributed by atoms with E-state index in [0.717, 1.165) is 11.1 Å². The van der Waals surface area contributed by atoms with E-state index in [-0.39, 0.29) is 5.91 Å². The molecule has 0 radical (unpaired) electrons.